The van der Waals surface area contributed by atoms with Crippen LogP contribution in [0.15, 0.2) is 73.1 Å². The van der Waals surface area contributed by atoms with Gasteiger partial charge in [-0.1, -0.05) is 39.0 Å². The fourth-order valence-corrected chi connectivity index (χ4v) is 4.47. The Bertz CT molecular complexity index is 1360. The molecule has 7 nitrogen and oxygen atoms in total. The van der Waals surface area contributed by atoms with Crippen molar-refractivity contribution < 1.29 is 9.53 Å². The first kappa shape index (κ1) is 23.6. The number of nitrogens with zero attached hydrogens (tertiary/aromatic N) is 2. The maximum Gasteiger partial charge on any atom is 0.227 e. The van der Waals surface area contributed by atoms with E-state index in [1.54, 1.807) is 12.4 Å². The second-order valence-electron chi connectivity index (χ2n) is 10.3. The number of nitrogens with one attached hydrogen (secondary N) is 3. The van der Waals surface area contributed by atoms with E-state index >= 15 is 0 Å². The number of hydrogen-bond acceptors (Lipinski definition) is 5. The van der Waals surface area contributed by atoms with E-state index in [0.29, 0.717) is 18.0 Å². The smallest absolute Gasteiger partial charge is 0.227 e. The van der Waals surface area contributed by atoms with Gasteiger partial charge in [-0.2, -0.15) is 5.10 Å². The first-order chi connectivity index (χ1) is 17.3. The molecule has 1 unspecified atom stereocenters. The van der Waals surface area contributed by atoms with Crippen LogP contribution >= 0.6 is 0 Å². The summed E-state index contributed by atoms with van der Waals surface area (Å²) in [4.78, 5) is 17.4. The number of amides is 1. The Morgan fingerprint density at radius 1 is 1.00 bits per heavy atom. The van der Waals surface area contributed by atoms with Gasteiger partial charge in [-0.05, 0) is 71.7 Å². The van der Waals surface area contributed by atoms with Gasteiger partial charge in [0.25, 0.3) is 0 Å². The monoisotopic (exact) mass is 481 g/mol. The minimum atomic E-state index is -0.0721. The standard InChI is InChI=1S/C29H31N5O2/c1-29(2,3)22-5-4-6-23(17-22)32-28(35)20-8-7-19-9-10-24(16-21(19)15-20)36-25-11-13-30-27(18-25)33-26-12-14-31-34-26/h4-6,9-14,16-18,20H,7-8,15H2,1-3H3,(H,32,35)(H2,30,31,33,34). The van der Waals surface area contributed by atoms with Crippen molar-refractivity contribution in [2.24, 2.45) is 5.92 Å². The molecule has 36 heavy (non-hydrogen) atoms. The molecule has 184 valence electrons. The first-order valence-electron chi connectivity index (χ1n) is 12.3. The van der Waals surface area contributed by atoms with E-state index < -0.39 is 0 Å². The molecule has 0 saturated carbocycles. The molecule has 1 amide bonds. The fraction of sp³-hybridized carbons (Fsp3) is 0.276. The number of H-pyrrole nitrogens is 1. The van der Waals surface area contributed by atoms with Crippen LogP contribution in [0.5, 0.6) is 11.5 Å². The lowest BCUT2D eigenvalue weighted by Crippen LogP contribution is -2.28. The molecule has 0 radical (unpaired) electrons. The lowest BCUT2D eigenvalue weighted by atomic mass is 9.83. The van der Waals surface area contributed by atoms with Gasteiger partial charge in [-0.3, -0.25) is 9.89 Å². The molecule has 2 heterocycles. The molecule has 1 aliphatic carbocycles. The third kappa shape index (κ3) is 5.57. The van der Waals surface area contributed by atoms with Crippen LogP contribution in [-0.4, -0.2) is 21.1 Å². The Balaban J connectivity index is 1.26. The summed E-state index contributed by atoms with van der Waals surface area (Å²) in [6, 6.07) is 19.8. The third-order valence-corrected chi connectivity index (χ3v) is 6.50. The van der Waals surface area contributed by atoms with Crippen LogP contribution in [0.2, 0.25) is 0 Å². The summed E-state index contributed by atoms with van der Waals surface area (Å²) >= 11 is 0. The summed E-state index contributed by atoms with van der Waals surface area (Å²) in [6.07, 6.45) is 5.78. The molecular formula is C29H31N5O2. The number of fused-ring (bicyclic) bond motifs is 1. The van der Waals surface area contributed by atoms with E-state index in [1.165, 1.54) is 11.1 Å². The molecule has 0 saturated heterocycles. The van der Waals surface area contributed by atoms with Crippen LogP contribution in [-0.2, 0) is 23.1 Å². The van der Waals surface area contributed by atoms with Crippen LogP contribution in [0.3, 0.4) is 0 Å². The summed E-state index contributed by atoms with van der Waals surface area (Å²) < 4.78 is 6.13. The number of rotatable bonds is 6. The normalized spacial score (nSPS) is 15.1. The van der Waals surface area contributed by atoms with Crippen LogP contribution in [0.4, 0.5) is 17.3 Å². The number of aromatic amines is 1. The van der Waals surface area contributed by atoms with Crippen molar-refractivity contribution in [3.8, 4) is 11.5 Å². The van der Waals surface area contributed by atoms with Crippen molar-refractivity contribution in [1.82, 2.24) is 15.2 Å². The van der Waals surface area contributed by atoms with Crippen molar-refractivity contribution in [1.29, 1.82) is 0 Å². The SMILES string of the molecule is CC(C)(C)c1cccc(NC(=O)C2CCc3ccc(Oc4ccnc(Nc5ccn[nH]5)c4)cc3C2)c1. The van der Waals surface area contributed by atoms with Gasteiger partial charge in [0.05, 0.1) is 6.20 Å². The minimum Gasteiger partial charge on any atom is -0.457 e. The number of benzene rings is 2. The van der Waals surface area contributed by atoms with Gasteiger partial charge in [0, 0.05) is 29.9 Å². The zero-order valence-electron chi connectivity index (χ0n) is 20.8. The maximum absolute atomic E-state index is 13.1. The number of hydrogen-bond donors (Lipinski definition) is 3. The molecule has 4 aromatic rings. The van der Waals surface area contributed by atoms with Crippen LogP contribution in [0.25, 0.3) is 0 Å². The predicted octanol–water partition coefficient (Wildman–Crippen LogP) is 6.38. The third-order valence-electron chi connectivity index (χ3n) is 6.50. The molecule has 2 aromatic carbocycles. The predicted molar refractivity (Wildman–Crippen MR) is 142 cm³/mol. The van der Waals surface area contributed by atoms with Crippen LogP contribution in [0.1, 0.15) is 43.9 Å². The van der Waals surface area contributed by atoms with Crippen molar-refractivity contribution >= 4 is 23.2 Å². The molecule has 7 heteroatoms. The Morgan fingerprint density at radius 3 is 2.67 bits per heavy atom. The molecule has 1 aliphatic rings. The summed E-state index contributed by atoms with van der Waals surface area (Å²) in [5.74, 6) is 2.82. The molecule has 3 N–H and O–H groups in total. The van der Waals surface area contributed by atoms with E-state index in [1.807, 2.05) is 36.4 Å². The van der Waals surface area contributed by atoms with Gasteiger partial charge in [0.15, 0.2) is 0 Å². The largest absolute Gasteiger partial charge is 0.457 e. The zero-order valence-corrected chi connectivity index (χ0v) is 20.8. The molecule has 0 fully saturated rings. The lowest BCUT2D eigenvalue weighted by Gasteiger charge is -2.25. The molecular weight excluding hydrogens is 450 g/mol. The minimum absolute atomic E-state index is 0.0334. The number of carbonyl (C=O) groups is 1. The molecule has 0 aliphatic heterocycles. The highest BCUT2D eigenvalue weighted by Crippen LogP contribution is 2.32. The maximum atomic E-state index is 13.1. The first-order valence-corrected chi connectivity index (χ1v) is 12.3. The van der Waals surface area contributed by atoms with E-state index in [4.69, 9.17) is 4.74 Å². The van der Waals surface area contributed by atoms with Gasteiger partial charge in [0.2, 0.25) is 5.91 Å². The van der Waals surface area contributed by atoms with E-state index in [9.17, 15) is 4.79 Å². The quantitative estimate of drug-likeness (QED) is 0.297. The number of pyridine rings is 1. The van der Waals surface area contributed by atoms with Gasteiger partial charge in [-0.25, -0.2) is 4.98 Å². The molecule has 0 bridgehead atoms. The molecule has 1 atom stereocenters. The number of aryl methyl sites for hydroxylation is 1. The van der Waals surface area contributed by atoms with Gasteiger partial charge in [-0.15, -0.1) is 0 Å². The second kappa shape index (κ2) is 9.85. The summed E-state index contributed by atoms with van der Waals surface area (Å²) in [7, 11) is 0. The van der Waals surface area contributed by atoms with Crippen LogP contribution in [0, 0.1) is 5.92 Å². The number of anilines is 3. The van der Waals surface area contributed by atoms with E-state index in [-0.39, 0.29) is 17.2 Å². The average molecular weight is 482 g/mol. The number of ether oxygens (including phenoxy) is 1. The highest BCUT2D eigenvalue weighted by molar-refractivity contribution is 5.93. The number of aromatic nitrogens is 3. The Kier molecular flexibility index (Phi) is 6.46. The van der Waals surface area contributed by atoms with Crippen molar-refractivity contribution in [3.05, 3.63) is 89.7 Å². The van der Waals surface area contributed by atoms with Crippen molar-refractivity contribution in [3.63, 3.8) is 0 Å². The Labute approximate surface area is 211 Å². The van der Waals surface area contributed by atoms with Gasteiger partial charge >= 0.3 is 0 Å². The second-order valence-corrected chi connectivity index (χ2v) is 10.3. The summed E-state index contributed by atoms with van der Waals surface area (Å²) in [5.41, 5.74) is 4.53. The topological polar surface area (TPSA) is 91.9 Å². The lowest BCUT2D eigenvalue weighted by molar-refractivity contribution is -0.120. The average Bonchev–Trinajstić information content (AvgIpc) is 3.36. The zero-order chi connectivity index (χ0) is 25.1. The highest BCUT2D eigenvalue weighted by atomic mass is 16.5. The molecule has 0 spiro atoms. The number of carbonyl (C=O) groups excluding carboxylic acids is 1. The molecule has 5 rings (SSSR count). The van der Waals surface area contributed by atoms with Gasteiger partial charge < -0.3 is 15.4 Å². The highest BCUT2D eigenvalue weighted by Gasteiger charge is 2.25. The summed E-state index contributed by atoms with van der Waals surface area (Å²) in [5, 5.41) is 13.1. The van der Waals surface area contributed by atoms with Gasteiger partial charge in [0.1, 0.15) is 23.1 Å². The van der Waals surface area contributed by atoms with E-state index in [2.05, 4.69) is 70.9 Å². The van der Waals surface area contributed by atoms with Crippen molar-refractivity contribution in [2.75, 3.05) is 10.6 Å². The van der Waals surface area contributed by atoms with Crippen molar-refractivity contribution in [2.45, 2.75) is 45.4 Å². The molecule has 2 aromatic heterocycles. The van der Waals surface area contributed by atoms with Crippen LogP contribution < -0.4 is 15.4 Å². The Hall–Kier alpha value is -4.13. The van der Waals surface area contributed by atoms with E-state index in [0.717, 1.165) is 35.7 Å². The summed E-state index contributed by atoms with van der Waals surface area (Å²) in [6.45, 7) is 6.52. The fourth-order valence-electron chi connectivity index (χ4n) is 4.47. The Morgan fingerprint density at radius 2 is 1.86 bits per heavy atom.